The predicted molar refractivity (Wildman–Crippen MR) is 74.3 cm³/mol. The summed E-state index contributed by atoms with van der Waals surface area (Å²) >= 11 is 0. The van der Waals surface area contributed by atoms with E-state index in [1.165, 1.54) is 5.56 Å². The Kier molecular flexibility index (Phi) is 6.78. The Morgan fingerprint density at radius 1 is 1.19 bits per heavy atom. The van der Waals surface area contributed by atoms with Crippen molar-refractivity contribution in [2.24, 2.45) is 0 Å². The Labute approximate surface area is 122 Å². The maximum atomic E-state index is 12.2. The molecule has 116 valence electrons. The maximum Gasteiger partial charge on any atom is 0.326 e. The Hall–Kier alpha value is -1.98. The molecule has 0 aliphatic rings. The SMILES string of the molecule is CCc1ccc(CCC(=O)NC(CC(F)F)C(=O)O)cc1. The molecule has 1 atom stereocenters. The minimum atomic E-state index is -2.77. The molecule has 0 aliphatic carbocycles. The third-order valence-electron chi connectivity index (χ3n) is 3.12. The number of aryl methyl sites for hydroxylation is 2. The highest BCUT2D eigenvalue weighted by Crippen LogP contribution is 2.08. The standard InChI is InChI=1S/C15H19F2NO3/c1-2-10-3-5-11(6-4-10)7-8-14(19)18-12(15(20)21)9-13(16)17/h3-6,12-13H,2,7-9H2,1H3,(H,18,19)(H,20,21). The Morgan fingerprint density at radius 2 is 1.76 bits per heavy atom. The topological polar surface area (TPSA) is 66.4 Å². The number of hydrogen-bond donors (Lipinski definition) is 2. The van der Waals surface area contributed by atoms with Gasteiger partial charge in [-0.25, -0.2) is 13.6 Å². The van der Waals surface area contributed by atoms with Crippen molar-refractivity contribution in [1.29, 1.82) is 0 Å². The first-order chi connectivity index (χ1) is 9.92. The molecular formula is C15H19F2NO3. The van der Waals surface area contributed by atoms with Gasteiger partial charge in [-0.1, -0.05) is 31.2 Å². The molecule has 0 aromatic heterocycles. The molecule has 0 bridgehead atoms. The van der Waals surface area contributed by atoms with Gasteiger partial charge in [0.1, 0.15) is 6.04 Å². The monoisotopic (exact) mass is 299 g/mol. The number of carbonyl (C=O) groups excluding carboxylic acids is 1. The van der Waals surface area contributed by atoms with Gasteiger partial charge in [0.25, 0.3) is 0 Å². The predicted octanol–water partition coefficient (Wildman–Crippen LogP) is 2.41. The normalized spacial score (nSPS) is 12.2. The zero-order chi connectivity index (χ0) is 15.8. The van der Waals surface area contributed by atoms with Gasteiger partial charge in [0, 0.05) is 12.8 Å². The molecule has 0 fully saturated rings. The fourth-order valence-corrected chi connectivity index (χ4v) is 1.87. The number of nitrogens with one attached hydrogen (secondary N) is 1. The van der Waals surface area contributed by atoms with Crippen molar-refractivity contribution in [2.75, 3.05) is 0 Å². The van der Waals surface area contributed by atoms with Gasteiger partial charge in [-0.05, 0) is 24.0 Å². The zero-order valence-corrected chi connectivity index (χ0v) is 11.8. The van der Waals surface area contributed by atoms with Crippen molar-refractivity contribution >= 4 is 11.9 Å². The number of halogens is 2. The van der Waals surface area contributed by atoms with Crippen LogP contribution in [0.5, 0.6) is 0 Å². The van der Waals surface area contributed by atoms with E-state index in [4.69, 9.17) is 5.11 Å². The van der Waals surface area contributed by atoms with Crippen molar-refractivity contribution in [3.63, 3.8) is 0 Å². The van der Waals surface area contributed by atoms with E-state index >= 15 is 0 Å². The summed E-state index contributed by atoms with van der Waals surface area (Å²) in [4.78, 5) is 22.4. The summed E-state index contributed by atoms with van der Waals surface area (Å²) in [6, 6.07) is 6.19. The quantitative estimate of drug-likeness (QED) is 0.774. The van der Waals surface area contributed by atoms with Crippen molar-refractivity contribution in [2.45, 2.75) is 45.1 Å². The first-order valence-electron chi connectivity index (χ1n) is 6.80. The van der Waals surface area contributed by atoms with Crippen LogP contribution >= 0.6 is 0 Å². The number of rotatable bonds is 8. The smallest absolute Gasteiger partial charge is 0.326 e. The van der Waals surface area contributed by atoms with Crippen LogP contribution in [0, 0.1) is 0 Å². The summed E-state index contributed by atoms with van der Waals surface area (Å²) in [6.07, 6.45) is -2.22. The van der Waals surface area contributed by atoms with Crippen molar-refractivity contribution in [1.82, 2.24) is 5.32 Å². The minimum Gasteiger partial charge on any atom is -0.480 e. The highest BCUT2D eigenvalue weighted by atomic mass is 19.3. The number of alkyl halides is 2. The second-order valence-corrected chi connectivity index (χ2v) is 4.76. The van der Waals surface area contributed by atoms with Crippen LogP contribution in [0.15, 0.2) is 24.3 Å². The van der Waals surface area contributed by atoms with Gasteiger partial charge >= 0.3 is 5.97 Å². The van der Waals surface area contributed by atoms with E-state index in [9.17, 15) is 18.4 Å². The molecule has 2 N–H and O–H groups in total. The molecule has 0 heterocycles. The number of aliphatic carboxylic acids is 1. The van der Waals surface area contributed by atoms with E-state index in [1.807, 2.05) is 31.2 Å². The highest BCUT2D eigenvalue weighted by Gasteiger charge is 2.23. The van der Waals surface area contributed by atoms with Crippen molar-refractivity contribution in [3.8, 4) is 0 Å². The summed E-state index contributed by atoms with van der Waals surface area (Å²) in [6.45, 7) is 2.04. The molecule has 21 heavy (non-hydrogen) atoms. The van der Waals surface area contributed by atoms with Crippen LogP contribution in [0.4, 0.5) is 8.78 Å². The molecular weight excluding hydrogens is 280 g/mol. The first kappa shape index (κ1) is 17.1. The fraction of sp³-hybridized carbons (Fsp3) is 0.467. The van der Waals surface area contributed by atoms with Crippen LogP contribution in [0.2, 0.25) is 0 Å². The van der Waals surface area contributed by atoms with E-state index in [0.29, 0.717) is 6.42 Å². The van der Waals surface area contributed by atoms with Gasteiger partial charge in [-0.3, -0.25) is 4.79 Å². The summed E-state index contributed by atoms with van der Waals surface area (Å²) < 4.78 is 24.4. The summed E-state index contributed by atoms with van der Waals surface area (Å²) in [5.74, 6) is -1.99. The van der Waals surface area contributed by atoms with E-state index < -0.39 is 30.8 Å². The van der Waals surface area contributed by atoms with Crippen LogP contribution in [-0.2, 0) is 22.4 Å². The molecule has 6 heteroatoms. The highest BCUT2D eigenvalue weighted by molar-refractivity contribution is 5.83. The van der Waals surface area contributed by atoms with Gasteiger partial charge in [-0.2, -0.15) is 0 Å². The summed E-state index contributed by atoms with van der Waals surface area (Å²) in [5, 5.41) is 10.9. The molecule has 1 aromatic carbocycles. The Balaban J connectivity index is 2.46. The lowest BCUT2D eigenvalue weighted by Gasteiger charge is -2.14. The summed E-state index contributed by atoms with van der Waals surface area (Å²) in [5.41, 5.74) is 2.13. The average molecular weight is 299 g/mol. The van der Waals surface area contributed by atoms with Crippen molar-refractivity contribution in [3.05, 3.63) is 35.4 Å². The number of benzene rings is 1. The molecule has 1 aromatic rings. The van der Waals surface area contributed by atoms with Crippen LogP contribution in [-0.4, -0.2) is 29.5 Å². The van der Waals surface area contributed by atoms with Crippen LogP contribution < -0.4 is 5.32 Å². The Bertz CT molecular complexity index is 474. The third kappa shape index (κ3) is 6.33. The molecule has 0 aliphatic heterocycles. The van der Waals surface area contributed by atoms with Crippen LogP contribution in [0.3, 0.4) is 0 Å². The molecule has 0 spiro atoms. The van der Waals surface area contributed by atoms with E-state index in [1.54, 1.807) is 0 Å². The second kappa shape index (κ2) is 8.34. The van der Waals surface area contributed by atoms with E-state index in [2.05, 4.69) is 5.32 Å². The van der Waals surface area contributed by atoms with Crippen LogP contribution in [0.1, 0.15) is 30.9 Å². The molecule has 1 rings (SSSR count). The molecule has 1 unspecified atom stereocenters. The Morgan fingerprint density at radius 3 is 2.24 bits per heavy atom. The number of carboxylic acids is 1. The lowest BCUT2D eigenvalue weighted by Crippen LogP contribution is -2.42. The first-order valence-corrected chi connectivity index (χ1v) is 6.80. The number of carbonyl (C=O) groups is 2. The number of amides is 1. The second-order valence-electron chi connectivity index (χ2n) is 4.76. The molecule has 4 nitrogen and oxygen atoms in total. The zero-order valence-electron chi connectivity index (χ0n) is 11.8. The van der Waals surface area contributed by atoms with Gasteiger partial charge in [0.05, 0.1) is 0 Å². The lowest BCUT2D eigenvalue weighted by molar-refractivity contribution is -0.143. The average Bonchev–Trinajstić information content (AvgIpc) is 2.44. The van der Waals surface area contributed by atoms with Gasteiger partial charge in [-0.15, -0.1) is 0 Å². The van der Waals surface area contributed by atoms with Gasteiger partial charge in [0.2, 0.25) is 12.3 Å². The van der Waals surface area contributed by atoms with Crippen molar-refractivity contribution < 1.29 is 23.5 Å². The van der Waals surface area contributed by atoms with Crippen LogP contribution in [0.25, 0.3) is 0 Å². The van der Waals surface area contributed by atoms with Gasteiger partial charge in [0.15, 0.2) is 0 Å². The molecule has 0 saturated carbocycles. The molecule has 0 saturated heterocycles. The maximum absolute atomic E-state index is 12.2. The van der Waals surface area contributed by atoms with Gasteiger partial charge < -0.3 is 10.4 Å². The van der Waals surface area contributed by atoms with E-state index in [-0.39, 0.29) is 6.42 Å². The fourth-order valence-electron chi connectivity index (χ4n) is 1.87. The molecule has 1 amide bonds. The third-order valence-corrected chi connectivity index (χ3v) is 3.12. The molecule has 0 radical (unpaired) electrons. The van der Waals surface area contributed by atoms with E-state index in [0.717, 1.165) is 12.0 Å². The number of hydrogen-bond acceptors (Lipinski definition) is 2. The summed E-state index contributed by atoms with van der Waals surface area (Å²) in [7, 11) is 0. The minimum absolute atomic E-state index is 0.0679. The lowest BCUT2D eigenvalue weighted by atomic mass is 10.1. The number of carboxylic acid groups (broad SMARTS) is 1. The largest absolute Gasteiger partial charge is 0.480 e.